The molecule has 0 aliphatic heterocycles. The van der Waals surface area contributed by atoms with Crippen LogP contribution in [-0.2, 0) is 6.54 Å². The molecule has 0 aliphatic carbocycles. The summed E-state index contributed by atoms with van der Waals surface area (Å²) < 4.78 is 34.5. The van der Waals surface area contributed by atoms with E-state index in [0.717, 1.165) is 17.7 Å². The topological polar surface area (TPSA) is 118 Å². The monoisotopic (exact) mass is 411 g/mol. The molecule has 0 fully saturated rings. The molecule has 0 radical (unpaired) electrons. The number of nitrogen functional groups attached to an aromatic ring is 2. The largest absolute Gasteiger partial charge is 0.471 e. The van der Waals surface area contributed by atoms with E-state index in [1.54, 1.807) is 19.1 Å². The lowest BCUT2D eigenvalue weighted by atomic mass is 10.1. The Labute approximate surface area is 170 Å². The molecule has 8 nitrogen and oxygen atoms in total. The highest BCUT2D eigenvalue weighted by atomic mass is 19.1. The molecule has 154 valence electrons. The Bertz CT molecular complexity index is 1220. The minimum atomic E-state index is -0.815. The fraction of sp³-hybridized carbons (Fsp3) is 0.200. The number of nitrogens with two attached hydrogens (primary N) is 2. The first kappa shape index (κ1) is 19.5. The summed E-state index contributed by atoms with van der Waals surface area (Å²) in [6.07, 6.45) is -0.525. The van der Waals surface area contributed by atoms with Gasteiger partial charge in [-0.25, -0.2) is 19.3 Å². The molecule has 0 saturated heterocycles. The molecule has 4 aromatic rings. The van der Waals surface area contributed by atoms with E-state index in [1.165, 1.54) is 0 Å². The number of imidazole rings is 1. The number of nitrogens with zero attached hydrogens (tertiary/aromatic N) is 5. The predicted octanol–water partition coefficient (Wildman–Crippen LogP) is 3.11. The number of pyridine rings is 3. The summed E-state index contributed by atoms with van der Waals surface area (Å²) >= 11 is 0. The molecule has 1 unspecified atom stereocenters. The first-order valence-corrected chi connectivity index (χ1v) is 9.16. The van der Waals surface area contributed by atoms with Crippen LogP contribution in [-0.4, -0.2) is 30.6 Å². The number of hydrogen-bond donors (Lipinski definition) is 2. The first-order valence-electron chi connectivity index (χ1n) is 9.16. The Morgan fingerprint density at radius 1 is 1.00 bits per heavy atom. The van der Waals surface area contributed by atoms with Gasteiger partial charge in [0.1, 0.15) is 29.1 Å². The second-order valence-corrected chi connectivity index (χ2v) is 6.86. The maximum atomic E-state index is 13.8. The van der Waals surface area contributed by atoms with Crippen LogP contribution in [0.3, 0.4) is 0 Å². The van der Waals surface area contributed by atoms with E-state index >= 15 is 0 Å². The third-order valence-electron chi connectivity index (χ3n) is 4.48. The van der Waals surface area contributed by atoms with Crippen molar-refractivity contribution in [1.29, 1.82) is 0 Å². The highest BCUT2D eigenvalue weighted by Gasteiger charge is 2.17. The number of halogens is 2. The summed E-state index contributed by atoms with van der Waals surface area (Å²) in [5.74, 6) is -0.646. The number of aryl methyl sites for hydroxylation is 1. The van der Waals surface area contributed by atoms with Gasteiger partial charge in [-0.2, -0.15) is 9.37 Å². The third kappa shape index (κ3) is 3.84. The molecule has 0 bridgehead atoms. The molecule has 4 aromatic heterocycles. The molecule has 0 spiro atoms. The highest BCUT2D eigenvalue weighted by molar-refractivity contribution is 5.77. The van der Waals surface area contributed by atoms with E-state index in [9.17, 15) is 8.78 Å². The number of rotatable bonds is 5. The van der Waals surface area contributed by atoms with E-state index in [2.05, 4.69) is 15.0 Å². The van der Waals surface area contributed by atoms with Gasteiger partial charge in [0.2, 0.25) is 5.95 Å². The summed E-state index contributed by atoms with van der Waals surface area (Å²) in [6, 6.07) is 8.93. The van der Waals surface area contributed by atoms with Crippen molar-refractivity contribution in [2.75, 3.05) is 11.5 Å². The van der Waals surface area contributed by atoms with Crippen LogP contribution in [0.15, 0.2) is 36.4 Å². The average Bonchev–Trinajstić information content (AvgIpc) is 2.98. The van der Waals surface area contributed by atoms with Gasteiger partial charge in [-0.1, -0.05) is 0 Å². The summed E-state index contributed by atoms with van der Waals surface area (Å²) in [4.78, 5) is 16.6. The Morgan fingerprint density at radius 2 is 1.73 bits per heavy atom. The molecule has 0 aromatic carbocycles. The van der Waals surface area contributed by atoms with Gasteiger partial charge < -0.3 is 20.8 Å². The smallest absolute Gasteiger partial charge is 0.253 e. The van der Waals surface area contributed by atoms with Crippen LogP contribution in [0.4, 0.5) is 20.4 Å². The standard InChI is InChI=1S/C20H19F2N7O/c1-10(30-20-13(21)3-6-16(22)27-20)9-29-11(2)25-15-5-4-14(26-19(15)29)12-7-17(23)28-18(24)8-12/h3-8,10H,9H2,1-2H3,(H4,23,24,28). The van der Waals surface area contributed by atoms with Gasteiger partial charge in [0.05, 0.1) is 12.2 Å². The molecule has 30 heavy (non-hydrogen) atoms. The van der Waals surface area contributed by atoms with Crippen LogP contribution in [0.2, 0.25) is 0 Å². The van der Waals surface area contributed by atoms with Crippen molar-refractivity contribution in [3.05, 3.63) is 54.0 Å². The molecular formula is C20H19F2N7O. The molecule has 1 atom stereocenters. The van der Waals surface area contributed by atoms with Crippen LogP contribution < -0.4 is 16.2 Å². The zero-order valence-corrected chi connectivity index (χ0v) is 16.3. The lowest BCUT2D eigenvalue weighted by molar-refractivity contribution is 0.180. The number of fused-ring (bicyclic) bond motifs is 1. The van der Waals surface area contributed by atoms with Gasteiger partial charge in [-0.3, -0.25) is 0 Å². The first-order chi connectivity index (χ1) is 14.3. The normalized spacial score (nSPS) is 12.3. The molecule has 0 aliphatic rings. The summed E-state index contributed by atoms with van der Waals surface area (Å²) in [5, 5.41) is 0. The van der Waals surface area contributed by atoms with Gasteiger partial charge in [0, 0.05) is 5.56 Å². The van der Waals surface area contributed by atoms with Crippen molar-refractivity contribution in [2.24, 2.45) is 0 Å². The predicted molar refractivity (Wildman–Crippen MR) is 109 cm³/mol. The average molecular weight is 411 g/mol. The third-order valence-corrected chi connectivity index (χ3v) is 4.48. The fourth-order valence-corrected chi connectivity index (χ4v) is 3.18. The number of ether oxygens (including phenoxy) is 1. The fourth-order valence-electron chi connectivity index (χ4n) is 3.18. The van der Waals surface area contributed by atoms with E-state index in [0.29, 0.717) is 40.9 Å². The van der Waals surface area contributed by atoms with E-state index < -0.39 is 17.9 Å². The summed E-state index contributed by atoms with van der Waals surface area (Å²) in [5.41, 5.74) is 14.3. The maximum absolute atomic E-state index is 13.8. The molecule has 4 rings (SSSR count). The minimum absolute atomic E-state index is 0.295. The second kappa shape index (κ2) is 7.54. The minimum Gasteiger partial charge on any atom is -0.471 e. The zero-order chi connectivity index (χ0) is 21.4. The number of hydrogen-bond acceptors (Lipinski definition) is 7. The van der Waals surface area contributed by atoms with Crippen LogP contribution in [0, 0.1) is 18.7 Å². The molecule has 10 heteroatoms. The number of anilines is 2. The van der Waals surface area contributed by atoms with Gasteiger partial charge in [0.25, 0.3) is 5.88 Å². The van der Waals surface area contributed by atoms with Gasteiger partial charge in [-0.15, -0.1) is 0 Å². The maximum Gasteiger partial charge on any atom is 0.253 e. The van der Waals surface area contributed by atoms with Crippen LogP contribution in [0.1, 0.15) is 12.7 Å². The highest BCUT2D eigenvalue weighted by Crippen LogP contribution is 2.25. The molecule has 4 N–H and O–H groups in total. The molecular weight excluding hydrogens is 392 g/mol. The van der Waals surface area contributed by atoms with E-state index in [-0.39, 0.29) is 5.88 Å². The van der Waals surface area contributed by atoms with Crippen LogP contribution in [0.25, 0.3) is 22.4 Å². The van der Waals surface area contributed by atoms with Crippen molar-refractivity contribution in [3.8, 4) is 17.1 Å². The van der Waals surface area contributed by atoms with Gasteiger partial charge in [0.15, 0.2) is 11.5 Å². The SMILES string of the molecule is Cc1nc2ccc(-c3cc(N)nc(N)c3)nc2n1CC(C)Oc1nc(F)ccc1F. The van der Waals surface area contributed by atoms with E-state index in [1.807, 2.05) is 23.6 Å². The Balaban J connectivity index is 1.66. The van der Waals surface area contributed by atoms with Crippen molar-refractivity contribution in [3.63, 3.8) is 0 Å². The molecule has 0 amide bonds. The Hall–Kier alpha value is -3.82. The lowest BCUT2D eigenvalue weighted by Crippen LogP contribution is -2.21. The lowest BCUT2D eigenvalue weighted by Gasteiger charge is -2.16. The van der Waals surface area contributed by atoms with Gasteiger partial charge in [-0.05, 0) is 50.2 Å². The Morgan fingerprint density at radius 3 is 2.47 bits per heavy atom. The molecule has 4 heterocycles. The molecule has 0 saturated carbocycles. The van der Waals surface area contributed by atoms with Crippen molar-refractivity contribution < 1.29 is 13.5 Å². The van der Waals surface area contributed by atoms with Crippen LogP contribution >= 0.6 is 0 Å². The zero-order valence-electron chi connectivity index (χ0n) is 16.3. The summed E-state index contributed by atoms with van der Waals surface area (Å²) in [7, 11) is 0. The number of aromatic nitrogens is 5. The van der Waals surface area contributed by atoms with E-state index in [4.69, 9.17) is 21.2 Å². The van der Waals surface area contributed by atoms with Crippen molar-refractivity contribution in [2.45, 2.75) is 26.5 Å². The quantitative estimate of drug-likeness (QED) is 0.485. The van der Waals surface area contributed by atoms with Gasteiger partial charge >= 0.3 is 0 Å². The second-order valence-electron chi connectivity index (χ2n) is 6.86. The Kier molecular flexibility index (Phi) is 4.90. The summed E-state index contributed by atoms with van der Waals surface area (Å²) in [6.45, 7) is 3.86. The van der Waals surface area contributed by atoms with Crippen LogP contribution in [0.5, 0.6) is 5.88 Å². The van der Waals surface area contributed by atoms with Crippen molar-refractivity contribution >= 4 is 22.8 Å². The van der Waals surface area contributed by atoms with Crippen molar-refractivity contribution in [1.82, 2.24) is 24.5 Å².